The minimum absolute atomic E-state index is 0.0335. The lowest BCUT2D eigenvalue weighted by molar-refractivity contribution is 0.474. The maximum Gasteiger partial charge on any atom is 0.243 e. The van der Waals surface area contributed by atoms with Gasteiger partial charge in [0.25, 0.3) is 0 Å². The quantitative estimate of drug-likeness (QED) is 0.879. The van der Waals surface area contributed by atoms with Gasteiger partial charge in [-0.3, -0.25) is 0 Å². The van der Waals surface area contributed by atoms with Crippen molar-refractivity contribution in [2.45, 2.75) is 24.9 Å². The Morgan fingerprint density at radius 2 is 2.05 bits per heavy atom. The third-order valence-corrected chi connectivity index (χ3v) is 4.19. The number of hydrogen-bond acceptors (Lipinski definition) is 4. The van der Waals surface area contributed by atoms with Crippen LogP contribution in [0.2, 0.25) is 0 Å². The van der Waals surface area contributed by atoms with Gasteiger partial charge < -0.3 is 10.2 Å². The van der Waals surface area contributed by atoms with Crippen LogP contribution in [0.4, 0.5) is 4.39 Å². The number of nitrogens with one attached hydrogen (secondary N) is 1. The van der Waals surface area contributed by atoms with E-state index < -0.39 is 20.7 Å². The lowest BCUT2D eigenvalue weighted by Crippen LogP contribution is -2.24. The van der Waals surface area contributed by atoms with Crippen LogP contribution < -0.4 is 10.5 Å². The van der Waals surface area contributed by atoms with E-state index in [2.05, 4.69) is 4.72 Å². The van der Waals surface area contributed by atoms with Gasteiger partial charge in [0.2, 0.25) is 10.0 Å². The molecule has 2 aromatic rings. The SMILES string of the molecule is Cc1ccc(CNS(=O)(=O)c2ccc(CN)cc2F)o1. The summed E-state index contributed by atoms with van der Waals surface area (Å²) in [6.07, 6.45) is 0. The van der Waals surface area contributed by atoms with Gasteiger partial charge in [-0.1, -0.05) is 6.07 Å². The molecule has 7 heteroatoms. The Morgan fingerprint density at radius 3 is 2.60 bits per heavy atom. The van der Waals surface area contributed by atoms with Crippen LogP contribution in [0.3, 0.4) is 0 Å². The second-order valence-corrected chi connectivity index (χ2v) is 6.04. The molecule has 0 fully saturated rings. The average molecular weight is 298 g/mol. The van der Waals surface area contributed by atoms with Crippen molar-refractivity contribution in [2.75, 3.05) is 0 Å². The van der Waals surface area contributed by atoms with Crippen LogP contribution in [-0.4, -0.2) is 8.42 Å². The lowest BCUT2D eigenvalue weighted by atomic mass is 10.2. The van der Waals surface area contributed by atoms with E-state index in [1.54, 1.807) is 19.1 Å². The first-order valence-electron chi connectivity index (χ1n) is 5.96. The fraction of sp³-hybridized carbons (Fsp3) is 0.231. The van der Waals surface area contributed by atoms with Crippen molar-refractivity contribution in [3.05, 3.63) is 53.2 Å². The first-order chi connectivity index (χ1) is 9.42. The van der Waals surface area contributed by atoms with Gasteiger partial charge in [0, 0.05) is 6.54 Å². The number of furan rings is 1. The highest BCUT2D eigenvalue weighted by Gasteiger charge is 2.19. The number of hydrogen-bond donors (Lipinski definition) is 2. The molecule has 0 saturated heterocycles. The Kier molecular flexibility index (Phi) is 4.22. The minimum Gasteiger partial charge on any atom is -0.465 e. The van der Waals surface area contributed by atoms with Crippen molar-refractivity contribution in [1.29, 1.82) is 0 Å². The molecule has 3 N–H and O–H groups in total. The van der Waals surface area contributed by atoms with Gasteiger partial charge in [-0.15, -0.1) is 0 Å². The van der Waals surface area contributed by atoms with Crippen molar-refractivity contribution in [1.82, 2.24) is 4.72 Å². The number of benzene rings is 1. The number of rotatable bonds is 5. The van der Waals surface area contributed by atoms with Gasteiger partial charge in [0.15, 0.2) is 0 Å². The summed E-state index contributed by atoms with van der Waals surface area (Å²) in [6.45, 7) is 1.87. The van der Waals surface area contributed by atoms with Crippen LogP contribution in [0.1, 0.15) is 17.1 Å². The van der Waals surface area contributed by atoms with Crippen molar-refractivity contribution in [2.24, 2.45) is 5.73 Å². The first-order valence-corrected chi connectivity index (χ1v) is 7.44. The van der Waals surface area contributed by atoms with E-state index in [9.17, 15) is 12.8 Å². The molecule has 108 valence electrons. The molecule has 1 aromatic carbocycles. The van der Waals surface area contributed by atoms with E-state index in [0.29, 0.717) is 17.1 Å². The van der Waals surface area contributed by atoms with Crippen LogP contribution in [-0.2, 0) is 23.1 Å². The monoisotopic (exact) mass is 298 g/mol. The highest BCUT2D eigenvalue weighted by Crippen LogP contribution is 2.16. The van der Waals surface area contributed by atoms with Crippen LogP contribution in [0, 0.1) is 12.7 Å². The van der Waals surface area contributed by atoms with Gasteiger partial charge in [-0.2, -0.15) is 0 Å². The molecule has 0 aliphatic heterocycles. The number of aryl methyl sites for hydroxylation is 1. The summed E-state index contributed by atoms with van der Waals surface area (Å²) in [6, 6.07) is 7.18. The fourth-order valence-electron chi connectivity index (χ4n) is 1.71. The number of halogens is 1. The molecule has 20 heavy (non-hydrogen) atoms. The normalized spacial score (nSPS) is 11.8. The second kappa shape index (κ2) is 5.74. The molecule has 0 atom stereocenters. The molecule has 0 amide bonds. The number of nitrogens with two attached hydrogens (primary N) is 1. The summed E-state index contributed by atoms with van der Waals surface area (Å²) in [5.74, 6) is 0.318. The Hall–Kier alpha value is -1.70. The van der Waals surface area contributed by atoms with Crippen molar-refractivity contribution in [3.63, 3.8) is 0 Å². The Bertz CT molecular complexity index is 710. The minimum atomic E-state index is -3.93. The molecular weight excluding hydrogens is 283 g/mol. The molecular formula is C13H15FN2O3S. The summed E-state index contributed by atoms with van der Waals surface area (Å²) < 4.78 is 45.3. The van der Waals surface area contributed by atoms with E-state index in [0.717, 1.165) is 6.07 Å². The summed E-state index contributed by atoms with van der Waals surface area (Å²) in [5, 5.41) is 0. The van der Waals surface area contributed by atoms with Crippen LogP contribution in [0.15, 0.2) is 39.6 Å². The van der Waals surface area contributed by atoms with E-state index in [1.165, 1.54) is 12.1 Å². The third kappa shape index (κ3) is 3.24. The predicted molar refractivity (Wildman–Crippen MR) is 71.8 cm³/mol. The molecule has 5 nitrogen and oxygen atoms in total. The smallest absolute Gasteiger partial charge is 0.243 e. The Labute approximate surface area is 116 Å². The summed E-state index contributed by atoms with van der Waals surface area (Å²) in [4.78, 5) is -0.405. The van der Waals surface area contributed by atoms with Crippen molar-refractivity contribution < 1.29 is 17.2 Å². The molecule has 1 heterocycles. The molecule has 0 saturated carbocycles. The molecule has 0 spiro atoms. The zero-order chi connectivity index (χ0) is 14.8. The van der Waals surface area contributed by atoms with Crippen molar-refractivity contribution >= 4 is 10.0 Å². The van der Waals surface area contributed by atoms with Gasteiger partial charge >= 0.3 is 0 Å². The Morgan fingerprint density at radius 1 is 1.30 bits per heavy atom. The van der Waals surface area contributed by atoms with Crippen LogP contribution in [0.25, 0.3) is 0 Å². The third-order valence-electron chi connectivity index (χ3n) is 2.75. The number of sulfonamides is 1. The van der Waals surface area contributed by atoms with E-state index >= 15 is 0 Å². The fourth-order valence-corrected chi connectivity index (χ4v) is 2.76. The lowest BCUT2D eigenvalue weighted by Gasteiger charge is -2.07. The average Bonchev–Trinajstić information content (AvgIpc) is 2.82. The van der Waals surface area contributed by atoms with E-state index in [1.807, 2.05) is 0 Å². The predicted octanol–water partition coefficient (Wildman–Crippen LogP) is 1.66. The van der Waals surface area contributed by atoms with E-state index in [-0.39, 0.29) is 13.1 Å². The van der Waals surface area contributed by atoms with Gasteiger partial charge in [-0.05, 0) is 36.8 Å². The van der Waals surface area contributed by atoms with Crippen LogP contribution >= 0.6 is 0 Å². The first kappa shape index (κ1) is 14.7. The van der Waals surface area contributed by atoms with Crippen molar-refractivity contribution in [3.8, 4) is 0 Å². The maximum absolute atomic E-state index is 13.8. The molecule has 0 radical (unpaired) electrons. The molecule has 0 bridgehead atoms. The van der Waals surface area contributed by atoms with Gasteiger partial charge in [-0.25, -0.2) is 17.5 Å². The molecule has 0 unspecified atom stereocenters. The second-order valence-electron chi connectivity index (χ2n) is 4.31. The topological polar surface area (TPSA) is 85.3 Å². The highest BCUT2D eigenvalue weighted by molar-refractivity contribution is 7.89. The molecule has 0 aliphatic carbocycles. The Balaban J connectivity index is 2.18. The van der Waals surface area contributed by atoms with Gasteiger partial charge in [0.05, 0.1) is 6.54 Å². The molecule has 0 aliphatic rings. The van der Waals surface area contributed by atoms with Gasteiger partial charge in [0.1, 0.15) is 22.2 Å². The zero-order valence-corrected chi connectivity index (χ0v) is 11.7. The summed E-state index contributed by atoms with van der Waals surface area (Å²) >= 11 is 0. The zero-order valence-electron chi connectivity index (χ0n) is 10.9. The summed E-state index contributed by atoms with van der Waals surface area (Å²) in [5.41, 5.74) is 5.90. The van der Waals surface area contributed by atoms with E-state index in [4.69, 9.17) is 10.2 Å². The molecule has 1 aromatic heterocycles. The maximum atomic E-state index is 13.8. The standard InChI is InChI=1S/C13H15FN2O3S/c1-9-2-4-11(19-9)8-16-20(17,18)13-5-3-10(7-15)6-12(13)14/h2-6,16H,7-8,15H2,1H3. The highest BCUT2D eigenvalue weighted by atomic mass is 32.2. The van der Waals surface area contributed by atoms with Crippen LogP contribution in [0.5, 0.6) is 0 Å². The summed E-state index contributed by atoms with van der Waals surface area (Å²) in [7, 11) is -3.93. The molecule has 2 rings (SSSR count). The largest absolute Gasteiger partial charge is 0.465 e.